The molecule has 14 atom stereocenters. The molecule has 0 aliphatic carbocycles. The van der Waals surface area contributed by atoms with Crippen molar-refractivity contribution < 1.29 is 97.1 Å². The molecule has 0 spiro atoms. The van der Waals surface area contributed by atoms with E-state index in [4.69, 9.17) is 40.1 Å². The number of rotatable bonds is 30. The predicted octanol–water partition coefficient (Wildman–Crippen LogP) is -10.1. The number of carbonyl (C=O) groups is 16. The fourth-order valence-electron chi connectivity index (χ4n) is 11.0. The first kappa shape index (κ1) is 95.3. The van der Waals surface area contributed by atoms with Crippen molar-refractivity contribution >= 4 is 134 Å². The van der Waals surface area contributed by atoms with Gasteiger partial charge in [-0.2, -0.15) is 0 Å². The summed E-state index contributed by atoms with van der Waals surface area (Å²) >= 11 is 0. The van der Waals surface area contributed by atoms with E-state index in [9.17, 15) is 87.5 Å². The number of guanidine groups is 3. The van der Waals surface area contributed by atoms with Crippen LogP contribution in [0.1, 0.15) is 104 Å². The zero-order chi connectivity index (χ0) is 83.7. The molecular formula is C66H108N24O20S2. The molecule has 2 heterocycles. The molecule has 112 heavy (non-hydrogen) atoms. The second-order valence-electron chi connectivity index (χ2n) is 26.3. The Kier molecular flexibility index (Phi) is 42.7. The van der Waals surface area contributed by atoms with E-state index in [2.05, 4.69) is 84.1 Å². The van der Waals surface area contributed by atoms with E-state index in [0.717, 1.165) is 26.5 Å². The van der Waals surface area contributed by atoms with Gasteiger partial charge in [0.05, 0.1) is 39.3 Å². The number of carboxylic acid groups (broad SMARTS) is 2. The number of aliphatic carboxylic acids is 2. The molecule has 46 heteroatoms. The Morgan fingerprint density at radius 2 is 1.06 bits per heavy atom. The molecule has 0 saturated carbocycles. The number of carbonyl (C=O) groups excluding carboxylic acids is 14. The summed E-state index contributed by atoms with van der Waals surface area (Å²) in [6, 6.07) is -11.4. The third-order valence-corrected chi connectivity index (χ3v) is 20.0. The van der Waals surface area contributed by atoms with Crippen molar-refractivity contribution in [3.63, 3.8) is 0 Å². The van der Waals surface area contributed by atoms with Crippen molar-refractivity contribution in [1.82, 2.24) is 74.0 Å². The van der Waals surface area contributed by atoms with Crippen LogP contribution >= 0.6 is 21.6 Å². The topological polar surface area (TPSA) is 733 Å². The minimum absolute atomic E-state index is 0.00512. The number of carboxylic acids is 2. The van der Waals surface area contributed by atoms with E-state index in [-0.39, 0.29) is 115 Å². The van der Waals surface area contributed by atoms with E-state index in [0.29, 0.717) is 5.56 Å². The minimum atomic E-state index is -2.01. The van der Waals surface area contributed by atoms with Gasteiger partial charge in [0.25, 0.3) is 0 Å². The molecule has 0 unspecified atom stereocenters. The smallest absolute Gasteiger partial charge is 0.326 e. The highest BCUT2D eigenvalue weighted by atomic mass is 33.1. The molecule has 14 amide bonds. The Hall–Kier alpha value is -10.9. The van der Waals surface area contributed by atoms with Crippen LogP contribution in [-0.2, 0) is 83.1 Å². The normalized spacial score (nSPS) is 22.8. The third-order valence-electron chi connectivity index (χ3n) is 17.5. The number of nitrogens with two attached hydrogens (primary N) is 7. The van der Waals surface area contributed by atoms with E-state index in [1.54, 1.807) is 44.2 Å². The zero-order valence-electron chi connectivity index (χ0n) is 62.7. The number of likely N-dealkylation sites (tertiary alicyclic amines) is 1. The van der Waals surface area contributed by atoms with Crippen LogP contribution < -0.4 is 109 Å². The molecule has 3 rings (SSSR count). The fraction of sp³-hybridized carbons (Fsp3) is 0.621. The summed E-state index contributed by atoms with van der Waals surface area (Å²) in [5.74, 6) is -21.2. The van der Waals surface area contributed by atoms with Crippen LogP contribution in [0.2, 0.25) is 0 Å². The summed E-state index contributed by atoms with van der Waals surface area (Å²) in [6.45, 7) is 1.52. The average molecular weight is 1620 g/mol. The first-order chi connectivity index (χ1) is 53.0. The van der Waals surface area contributed by atoms with Gasteiger partial charge in [-0.15, -0.1) is 0 Å². The van der Waals surface area contributed by atoms with Gasteiger partial charge in [-0.25, -0.2) is 4.79 Å². The quantitative estimate of drug-likeness (QED) is 0.0147. The minimum Gasteiger partial charge on any atom is -0.481 e. The number of amides is 14. The van der Waals surface area contributed by atoms with Gasteiger partial charge < -0.3 is 135 Å². The van der Waals surface area contributed by atoms with Crippen molar-refractivity contribution in [3.8, 4) is 0 Å². The van der Waals surface area contributed by atoms with Crippen LogP contribution in [0.4, 0.5) is 0 Å². The molecule has 1 aromatic rings. The van der Waals surface area contributed by atoms with Crippen molar-refractivity contribution in [3.05, 3.63) is 35.9 Å². The summed E-state index contributed by atoms with van der Waals surface area (Å²) in [6.07, 6.45) is -1.47. The molecule has 2 aliphatic heterocycles. The zero-order valence-corrected chi connectivity index (χ0v) is 64.3. The molecule has 2 fully saturated rings. The highest BCUT2D eigenvalue weighted by Gasteiger charge is 2.42. The van der Waals surface area contributed by atoms with Crippen molar-refractivity contribution in [2.24, 2.45) is 66.9 Å². The molecule has 0 radical (unpaired) electrons. The van der Waals surface area contributed by atoms with E-state index >= 15 is 9.59 Å². The van der Waals surface area contributed by atoms with Gasteiger partial charge in [-0.3, -0.25) is 86.9 Å². The summed E-state index contributed by atoms with van der Waals surface area (Å²) in [5, 5.41) is 71.6. The lowest BCUT2D eigenvalue weighted by atomic mass is 9.96. The Bertz CT molecular complexity index is 3500. The average Bonchev–Trinajstić information content (AvgIpc) is 1.62. The Balaban J connectivity index is 2.31. The molecule has 1 aromatic carbocycles. The van der Waals surface area contributed by atoms with Gasteiger partial charge in [0, 0.05) is 44.1 Å². The van der Waals surface area contributed by atoms with Crippen LogP contribution in [0.25, 0.3) is 0 Å². The summed E-state index contributed by atoms with van der Waals surface area (Å²) in [5.41, 5.74) is 39.2. The van der Waals surface area contributed by atoms with Crippen LogP contribution in [0.3, 0.4) is 0 Å². The molecule has 31 N–H and O–H groups in total. The van der Waals surface area contributed by atoms with Crippen molar-refractivity contribution in [1.29, 1.82) is 0 Å². The maximum Gasteiger partial charge on any atom is 0.326 e. The number of benzene rings is 1. The maximum atomic E-state index is 15.2. The summed E-state index contributed by atoms with van der Waals surface area (Å²) < 4.78 is 0. The molecular weight excluding hydrogens is 1510 g/mol. The Morgan fingerprint density at radius 1 is 0.562 bits per heavy atom. The second-order valence-corrected chi connectivity index (χ2v) is 28.8. The Labute approximate surface area is 653 Å². The highest BCUT2D eigenvalue weighted by Crippen LogP contribution is 2.27. The predicted molar refractivity (Wildman–Crippen MR) is 409 cm³/mol. The molecule has 2 saturated heterocycles. The van der Waals surface area contributed by atoms with Gasteiger partial charge >= 0.3 is 11.9 Å². The number of aliphatic hydroxyl groups is 2. The number of hydrogen-bond donors (Lipinski definition) is 24. The molecule has 2 aliphatic rings. The highest BCUT2D eigenvalue weighted by molar-refractivity contribution is 8.76. The second kappa shape index (κ2) is 50.1. The molecule has 624 valence electrons. The summed E-state index contributed by atoms with van der Waals surface area (Å²) in [7, 11) is 1.55. The number of nitrogens with one attached hydrogen (secondary N) is 13. The standard InChI is InChI=1S/C66H108N24O20S2/c1-5-33(3)50-60(106)84-41(25-49(96)97)57(103)82-38(17-11-21-75-65(70)71)56(102)89-51(34(4)6-2)61(107)87-44(62(108)90-23-13-19-45(90)59(105)83-39(63(109)110)18-12-22-76-66(72)73)32-112-111-31-43(86-58(104)42(30-92)85-52(98)36(67)29-91)54(100)79-28-48(95)81-40(24-35-14-8-7-9-15-35)53(99)78-26-46(93)77-27-47(94)80-37(55(101)88-50)16-10-20-74-64(68)69/h7-9,14-15,33-34,36-45,50-51,91-92H,5-6,10-13,16-32,67H2,1-4H3,(H,77,93)(H,78,99)(H,79,100)(H,80,94)(H,81,95)(H,82,103)(H,83,105)(H,84,106)(H,85,98)(H,86,104)(H,87,107)(H,88,101)(H,89,102)(H,96,97)(H,109,110)(H4,68,69,74)(H4,70,71,75)(H4,72,73,76)/t33-,34-,36-,37+,38-,39+,40+,41+,42-,43+,44+,45+,50-,51+/m0/s1. The number of aliphatic hydroxyl groups excluding tert-OH is 2. The van der Waals surface area contributed by atoms with Gasteiger partial charge in [0.2, 0.25) is 82.7 Å². The van der Waals surface area contributed by atoms with Gasteiger partial charge in [0.15, 0.2) is 17.9 Å². The first-order valence-electron chi connectivity index (χ1n) is 36.0. The van der Waals surface area contributed by atoms with Gasteiger partial charge in [-0.1, -0.05) is 92.5 Å². The lowest BCUT2D eigenvalue weighted by Gasteiger charge is -2.32. The van der Waals surface area contributed by atoms with Crippen molar-refractivity contribution in [2.45, 2.75) is 177 Å². The summed E-state index contributed by atoms with van der Waals surface area (Å²) in [4.78, 5) is 236. The van der Waals surface area contributed by atoms with Gasteiger partial charge in [-0.05, 0) is 68.8 Å². The maximum absolute atomic E-state index is 15.2. The number of aliphatic imine (C=N–C) groups is 3. The van der Waals surface area contributed by atoms with Crippen molar-refractivity contribution in [2.75, 3.05) is 70.5 Å². The number of nitrogens with zero attached hydrogens (tertiary/aromatic N) is 4. The van der Waals surface area contributed by atoms with Crippen LogP contribution in [-0.4, -0.2) is 281 Å². The van der Waals surface area contributed by atoms with Crippen LogP contribution in [0, 0.1) is 11.8 Å². The monoisotopic (exact) mass is 1620 g/mol. The number of hydrogen-bond acceptors (Lipinski definition) is 24. The fourth-order valence-corrected chi connectivity index (χ4v) is 13.3. The van der Waals surface area contributed by atoms with E-state index < -0.39 is 230 Å². The molecule has 44 nitrogen and oxygen atoms in total. The van der Waals surface area contributed by atoms with E-state index in [1.165, 1.54) is 13.8 Å². The van der Waals surface area contributed by atoms with Crippen LogP contribution in [0.15, 0.2) is 45.3 Å². The van der Waals surface area contributed by atoms with Gasteiger partial charge in [0.1, 0.15) is 72.5 Å². The first-order valence-corrected chi connectivity index (χ1v) is 38.5. The molecule has 0 aromatic heterocycles. The lowest BCUT2D eigenvalue weighted by molar-refractivity contribution is -0.145. The molecule has 0 bridgehead atoms. The van der Waals surface area contributed by atoms with Crippen LogP contribution in [0.5, 0.6) is 0 Å². The largest absolute Gasteiger partial charge is 0.481 e. The third kappa shape index (κ3) is 34.6. The SMILES string of the molecule is CC[C@H](C)[C@@H]1NC(=O)[C@@H](CCCN=C(N)N)NC(=O)CNC(=O)CNC(=O)[C@@H](Cc2ccccc2)NC(=O)CNC(=O)[C@H](NC(=O)[C@H](CO)NC(=O)[C@@H](N)CO)CSSC[C@H](C(=O)N2CCC[C@@H]2C(=O)N[C@H](CCCN=C(N)N)C(=O)O)NC(=O)[C@@H]([C@@H](C)CC)NC(=O)[C@H](CCCN=C(N)N)NC(=O)[C@@H](CC(=O)O)NC1=O. The Morgan fingerprint density at radius 3 is 1.60 bits per heavy atom. The lowest BCUT2D eigenvalue weighted by Crippen LogP contribution is -2.62. The van der Waals surface area contributed by atoms with E-state index in [1.807, 2.05) is 0 Å².